The topological polar surface area (TPSA) is 151 Å². The molecule has 0 aliphatic heterocycles. The van der Waals surface area contributed by atoms with Crippen LogP contribution in [0.1, 0.15) is 0 Å². The zero-order valence-corrected chi connectivity index (χ0v) is 12.3. The van der Waals surface area contributed by atoms with Crippen molar-refractivity contribution >= 4 is 21.6 Å². The van der Waals surface area contributed by atoms with Gasteiger partial charge in [0.25, 0.3) is 10.9 Å². The molecule has 114 valence electrons. The third-order valence-electron chi connectivity index (χ3n) is 2.61. The van der Waals surface area contributed by atoms with E-state index in [-0.39, 0.29) is 23.4 Å². The molecule has 0 bridgehead atoms. The number of hydrogen-bond donors (Lipinski definition) is 1. The summed E-state index contributed by atoms with van der Waals surface area (Å²) in [5, 5.41) is 3.63. The summed E-state index contributed by atoms with van der Waals surface area (Å²) >= 11 is 0. The lowest BCUT2D eigenvalue weighted by molar-refractivity contribution is 0.411. The first-order chi connectivity index (χ1) is 10.4. The van der Waals surface area contributed by atoms with E-state index in [1.807, 2.05) is 0 Å². The number of methoxy groups -OCH3 is 1. The van der Waals surface area contributed by atoms with Crippen molar-refractivity contribution < 1.29 is 13.2 Å². The van der Waals surface area contributed by atoms with Gasteiger partial charge in [0.1, 0.15) is 0 Å². The number of nitrogens with zero attached hydrogens (tertiary/aromatic N) is 7. The number of nitrogens with two attached hydrogens (primary N) is 1. The highest BCUT2D eigenvalue weighted by atomic mass is 32.2. The van der Waals surface area contributed by atoms with E-state index in [0.717, 1.165) is 10.8 Å². The quantitative estimate of drug-likeness (QED) is 0.633. The van der Waals surface area contributed by atoms with Gasteiger partial charge in [0.2, 0.25) is 21.6 Å². The molecule has 11 nitrogen and oxygen atoms in total. The first-order valence-electron chi connectivity index (χ1n) is 5.85. The van der Waals surface area contributed by atoms with Crippen molar-refractivity contribution in [2.45, 2.75) is 5.16 Å². The molecule has 2 N–H and O–H groups in total. The molecule has 0 aliphatic carbocycles. The van der Waals surface area contributed by atoms with Gasteiger partial charge in [-0.15, -0.1) is 5.10 Å². The summed E-state index contributed by atoms with van der Waals surface area (Å²) in [7, 11) is -2.12. The van der Waals surface area contributed by atoms with E-state index >= 15 is 0 Å². The summed E-state index contributed by atoms with van der Waals surface area (Å²) in [5.41, 5.74) is 5.67. The molecule has 3 aromatic heterocycles. The van der Waals surface area contributed by atoms with Crippen molar-refractivity contribution in [2.75, 3.05) is 19.1 Å². The molecule has 0 saturated carbocycles. The number of hydrogen-bond acceptors (Lipinski definition) is 10. The number of nitrogen functional groups attached to an aromatic ring is 1. The number of anilines is 1. The van der Waals surface area contributed by atoms with E-state index in [0.29, 0.717) is 5.75 Å². The first-order valence-corrected chi connectivity index (χ1v) is 7.74. The molecule has 0 aromatic carbocycles. The molecule has 22 heavy (non-hydrogen) atoms. The maximum absolute atomic E-state index is 11.5. The highest BCUT2D eigenvalue weighted by molar-refractivity contribution is 7.90. The van der Waals surface area contributed by atoms with Gasteiger partial charge in [-0.25, -0.2) is 18.4 Å². The van der Waals surface area contributed by atoms with Crippen LogP contribution >= 0.6 is 0 Å². The first kappa shape index (κ1) is 14.1. The van der Waals surface area contributed by atoms with Gasteiger partial charge in [0.15, 0.2) is 11.6 Å². The van der Waals surface area contributed by atoms with E-state index in [1.165, 1.54) is 19.5 Å². The minimum atomic E-state index is -3.61. The van der Waals surface area contributed by atoms with Crippen molar-refractivity contribution in [3.8, 4) is 17.4 Å². The van der Waals surface area contributed by atoms with Crippen molar-refractivity contribution in [1.29, 1.82) is 0 Å². The molecule has 0 saturated heterocycles. The number of sulfone groups is 1. The fourth-order valence-corrected chi connectivity index (χ4v) is 2.09. The molecule has 3 rings (SSSR count). The minimum absolute atomic E-state index is 0.0117. The molecule has 0 aliphatic rings. The summed E-state index contributed by atoms with van der Waals surface area (Å²) in [6.45, 7) is 0. The lowest BCUT2D eigenvalue weighted by atomic mass is 10.5. The van der Waals surface area contributed by atoms with Gasteiger partial charge in [-0.05, 0) is 0 Å². The normalized spacial score (nSPS) is 11.7. The molecule has 3 heterocycles. The molecule has 3 aromatic rings. The molecule has 0 spiro atoms. The standard InChI is InChI=1S/C10H10N8O3S/c1-21-5-3-12-6(13-4-5)7-14-9-16-10(22(2,19)20)15-8(11)18(9)17-7/h3-4H,1-2H3,(H2,11,14,15,16,17). The number of aromatic nitrogens is 7. The Morgan fingerprint density at radius 3 is 2.41 bits per heavy atom. The summed E-state index contributed by atoms with van der Waals surface area (Å²) < 4.78 is 29.1. The Bertz CT molecular complexity index is 950. The second kappa shape index (κ2) is 4.84. The summed E-state index contributed by atoms with van der Waals surface area (Å²) in [5.74, 6) is 0.659. The number of ether oxygens (including phenoxy) is 1. The van der Waals surface area contributed by atoms with Gasteiger partial charge in [-0.1, -0.05) is 0 Å². The van der Waals surface area contributed by atoms with E-state index in [2.05, 4.69) is 30.0 Å². The Morgan fingerprint density at radius 1 is 1.14 bits per heavy atom. The van der Waals surface area contributed by atoms with Crippen molar-refractivity contribution in [2.24, 2.45) is 0 Å². The number of rotatable bonds is 3. The van der Waals surface area contributed by atoms with E-state index in [1.54, 1.807) is 0 Å². The predicted molar refractivity (Wildman–Crippen MR) is 73.7 cm³/mol. The fraction of sp³-hybridized carbons (Fsp3) is 0.200. The highest BCUT2D eigenvalue weighted by Crippen LogP contribution is 2.15. The predicted octanol–water partition coefficient (Wildman–Crippen LogP) is -1.03. The minimum Gasteiger partial charge on any atom is -0.494 e. The highest BCUT2D eigenvalue weighted by Gasteiger charge is 2.18. The lowest BCUT2D eigenvalue weighted by Gasteiger charge is -1.99. The van der Waals surface area contributed by atoms with Gasteiger partial charge in [0.05, 0.1) is 19.5 Å². The van der Waals surface area contributed by atoms with Crippen LogP contribution in [0.25, 0.3) is 17.4 Å². The molecule has 0 fully saturated rings. The fourth-order valence-electron chi connectivity index (χ4n) is 1.58. The van der Waals surface area contributed by atoms with Crippen LogP contribution in [0, 0.1) is 0 Å². The van der Waals surface area contributed by atoms with Gasteiger partial charge >= 0.3 is 0 Å². The Kier molecular flexibility index (Phi) is 3.09. The molecular formula is C10H10N8O3S. The largest absolute Gasteiger partial charge is 0.494 e. The second-order valence-corrected chi connectivity index (χ2v) is 6.14. The Morgan fingerprint density at radius 2 is 1.82 bits per heavy atom. The van der Waals surface area contributed by atoms with E-state index < -0.39 is 15.0 Å². The van der Waals surface area contributed by atoms with Crippen LogP contribution in [0.3, 0.4) is 0 Å². The molecule has 0 atom stereocenters. The Balaban J connectivity index is 2.14. The van der Waals surface area contributed by atoms with Gasteiger partial charge in [-0.2, -0.15) is 19.5 Å². The third kappa shape index (κ3) is 2.39. The summed E-state index contributed by atoms with van der Waals surface area (Å²) in [4.78, 5) is 19.6. The van der Waals surface area contributed by atoms with Crippen LogP contribution < -0.4 is 10.5 Å². The summed E-state index contributed by atoms with van der Waals surface area (Å²) in [6.07, 6.45) is 3.87. The molecule has 0 radical (unpaired) electrons. The van der Waals surface area contributed by atoms with Crippen molar-refractivity contribution in [3.05, 3.63) is 12.4 Å². The zero-order chi connectivity index (χ0) is 15.9. The molecule has 12 heteroatoms. The van der Waals surface area contributed by atoms with Gasteiger partial charge in [-0.3, -0.25) is 0 Å². The molecule has 0 unspecified atom stereocenters. The van der Waals surface area contributed by atoms with E-state index in [9.17, 15) is 8.42 Å². The Hall–Kier alpha value is -2.89. The van der Waals surface area contributed by atoms with Crippen LogP contribution in [-0.4, -0.2) is 56.3 Å². The molecule has 0 amide bonds. The summed E-state index contributed by atoms with van der Waals surface area (Å²) in [6, 6.07) is 0. The number of fused-ring (bicyclic) bond motifs is 1. The Labute approximate surface area is 124 Å². The lowest BCUT2D eigenvalue weighted by Crippen LogP contribution is -2.11. The molecular weight excluding hydrogens is 312 g/mol. The van der Waals surface area contributed by atoms with Gasteiger partial charge < -0.3 is 10.5 Å². The van der Waals surface area contributed by atoms with Crippen LogP contribution in [0.5, 0.6) is 5.75 Å². The second-order valence-electron chi connectivity index (χ2n) is 4.23. The van der Waals surface area contributed by atoms with Crippen molar-refractivity contribution in [1.82, 2.24) is 34.5 Å². The van der Waals surface area contributed by atoms with Crippen LogP contribution in [0.15, 0.2) is 17.6 Å². The average Bonchev–Trinajstić information content (AvgIpc) is 2.91. The van der Waals surface area contributed by atoms with Crippen LogP contribution in [-0.2, 0) is 9.84 Å². The van der Waals surface area contributed by atoms with Crippen LogP contribution in [0.2, 0.25) is 0 Å². The average molecular weight is 322 g/mol. The third-order valence-corrected chi connectivity index (χ3v) is 3.45. The van der Waals surface area contributed by atoms with Crippen LogP contribution in [0.4, 0.5) is 5.95 Å². The monoisotopic (exact) mass is 322 g/mol. The van der Waals surface area contributed by atoms with Gasteiger partial charge in [0, 0.05) is 6.26 Å². The zero-order valence-electron chi connectivity index (χ0n) is 11.5. The maximum atomic E-state index is 11.5. The maximum Gasteiger partial charge on any atom is 0.258 e. The SMILES string of the molecule is COc1cnc(-c2nc3nc(S(C)(=O)=O)nc(N)n3n2)nc1. The smallest absolute Gasteiger partial charge is 0.258 e. The van der Waals surface area contributed by atoms with E-state index in [4.69, 9.17) is 10.5 Å². The van der Waals surface area contributed by atoms with Crippen molar-refractivity contribution in [3.63, 3.8) is 0 Å².